The summed E-state index contributed by atoms with van der Waals surface area (Å²) in [4.78, 5) is 10.9. The molecule has 0 aromatic carbocycles. The first kappa shape index (κ1) is 10.8. The molecule has 4 heteroatoms. The Hall–Kier alpha value is -1.29. The van der Waals surface area contributed by atoms with Crippen molar-refractivity contribution in [3.05, 3.63) is 23.7 Å². The molecule has 0 unspecified atom stereocenters. The second kappa shape index (κ2) is 4.18. The van der Waals surface area contributed by atoms with Crippen LogP contribution >= 0.6 is 0 Å². The van der Waals surface area contributed by atoms with Crippen LogP contribution in [-0.4, -0.2) is 17.1 Å². The Kier molecular flexibility index (Phi) is 2.67. The molecule has 0 radical (unpaired) electrons. The lowest BCUT2D eigenvalue weighted by Crippen LogP contribution is -2.32. The zero-order valence-corrected chi connectivity index (χ0v) is 9.69. The highest BCUT2D eigenvalue weighted by Gasteiger charge is 2.41. The minimum Gasteiger partial charge on any atom is -0.475 e. The number of carboxylic acids is 1. The second-order valence-corrected chi connectivity index (χ2v) is 5.16. The minimum atomic E-state index is -0.985. The molecule has 1 aromatic rings. The standard InChI is InChI=1S/C13H17NO3/c15-13(16)12-10(5-6-17-12)7-14-11(8-1-2-8)9-3-4-9/h5-6,8-9,11,14H,1-4,7H2,(H,15,16). The van der Waals surface area contributed by atoms with Gasteiger partial charge in [0.2, 0.25) is 5.76 Å². The summed E-state index contributed by atoms with van der Waals surface area (Å²) >= 11 is 0. The Morgan fingerprint density at radius 3 is 2.59 bits per heavy atom. The van der Waals surface area contributed by atoms with Crippen molar-refractivity contribution in [2.24, 2.45) is 11.8 Å². The number of rotatable bonds is 6. The van der Waals surface area contributed by atoms with Crippen molar-refractivity contribution >= 4 is 5.97 Å². The number of nitrogens with one attached hydrogen (secondary N) is 1. The maximum atomic E-state index is 10.9. The summed E-state index contributed by atoms with van der Waals surface area (Å²) in [5.41, 5.74) is 0.754. The average Bonchev–Trinajstić information content (AvgIpc) is 3.19. The monoisotopic (exact) mass is 235 g/mol. The van der Waals surface area contributed by atoms with Crippen molar-refractivity contribution in [2.75, 3.05) is 0 Å². The summed E-state index contributed by atoms with van der Waals surface area (Å²) < 4.78 is 4.97. The fraction of sp³-hybridized carbons (Fsp3) is 0.615. The van der Waals surface area contributed by atoms with Gasteiger partial charge in [0, 0.05) is 18.2 Å². The van der Waals surface area contributed by atoms with Gasteiger partial charge >= 0.3 is 5.97 Å². The van der Waals surface area contributed by atoms with E-state index in [-0.39, 0.29) is 5.76 Å². The molecular formula is C13H17NO3. The third-order valence-electron chi connectivity index (χ3n) is 3.73. The number of carboxylic acid groups (broad SMARTS) is 1. The van der Waals surface area contributed by atoms with Crippen LogP contribution < -0.4 is 5.32 Å². The zero-order chi connectivity index (χ0) is 11.8. The second-order valence-electron chi connectivity index (χ2n) is 5.16. The lowest BCUT2D eigenvalue weighted by atomic mass is 10.1. The van der Waals surface area contributed by atoms with Crippen LogP contribution in [0.25, 0.3) is 0 Å². The Labute approximate surface area is 100 Å². The van der Waals surface area contributed by atoms with E-state index in [0.29, 0.717) is 12.6 Å². The van der Waals surface area contributed by atoms with Gasteiger partial charge in [-0.15, -0.1) is 0 Å². The summed E-state index contributed by atoms with van der Waals surface area (Å²) in [5.74, 6) is 0.731. The predicted octanol–water partition coefficient (Wildman–Crippen LogP) is 2.26. The molecule has 1 heterocycles. The molecule has 3 rings (SSSR count). The van der Waals surface area contributed by atoms with Gasteiger partial charge in [0.1, 0.15) is 0 Å². The maximum Gasteiger partial charge on any atom is 0.372 e. The van der Waals surface area contributed by atoms with Crippen LogP contribution in [0.1, 0.15) is 41.8 Å². The van der Waals surface area contributed by atoms with Crippen LogP contribution in [0, 0.1) is 11.8 Å². The Morgan fingerprint density at radius 1 is 1.41 bits per heavy atom. The average molecular weight is 235 g/mol. The zero-order valence-electron chi connectivity index (χ0n) is 9.69. The molecule has 0 spiro atoms. The van der Waals surface area contributed by atoms with Crippen molar-refractivity contribution in [3.63, 3.8) is 0 Å². The van der Waals surface area contributed by atoms with Gasteiger partial charge in [-0.2, -0.15) is 0 Å². The van der Waals surface area contributed by atoms with Gasteiger partial charge in [0.15, 0.2) is 0 Å². The van der Waals surface area contributed by atoms with Crippen molar-refractivity contribution in [3.8, 4) is 0 Å². The number of hydrogen-bond donors (Lipinski definition) is 2. The first-order valence-electron chi connectivity index (χ1n) is 6.29. The summed E-state index contributed by atoms with van der Waals surface area (Å²) in [5, 5.41) is 12.5. The smallest absolute Gasteiger partial charge is 0.372 e. The molecule has 0 atom stereocenters. The summed E-state index contributed by atoms with van der Waals surface area (Å²) in [6.07, 6.45) is 6.75. The quantitative estimate of drug-likeness (QED) is 0.794. The first-order valence-corrected chi connectivity index (χ1v) is 6.29. The molecule has 0 saturated heterocycles. The van der Waals surface area contributed by atoms with Crippen molar-refractivity contribution in [2.45, 2.75) is 38.3 Å². The van der Waals surface area contributed by atoms with E-state index in [4.69, 9.17) is 9.52 Å². The Balaban J connectivity index is 1.62. The van der Waals surface area contributed by atoms with Gasteiger partial charge in [-0.05, 0) is 43.6 Å². The van der Waals surface area contributed by atoms with Gasteiger partial charge in [0.25, 0.3) is 0 Å². The van der Waals surface area contributed by atoms with Gasteiger partial charge in [-0.25, -0.2) is 4.79 Å². The van der Waals surface area contributed by atoms with E-state index in [0.717, 1.165) is 17.4 Å². The molecule has 2 saturated carbocycles. The van der Waals surface area contributed by atoms with E-state index < -0.39 is 5.97 Å². The number of furan rings is 1. The van der Waals surface area contributed by atoms with Crippen LogP contribution in [0.4, 0.5) is 0 Å². The highest BCUT2D eigenvalue weighted by molar-refractivity contribution is 5.86. The third kappa shape index (κ3) is 2.36. The maximum absolute atomic E-state index is 10.9. The van der Waals surface area contributed by atoms with Crippen molar-refractivity contribution in [1.82, 2.24) is 5.32 Å². The molecule has 17 heavy (non-hydrogen) atoms. The van der Waals surface area contributed by atoms with Gasteiger partial charge in [-0.1, -0.05) is 0 Å². The van der Waals surface area contributed by atoms with Crippen LogP contribution in [0.2, 0.25) is 0 Å². The highest BCUT2D eigenvalue weighted by atomic mass is 16.4. The molecule has 2 N–H and O–H groups in total. The Morgan fingerprint density at radius 2 is 2.06 bits per heavy atom. The molecule has 92 valence electrons. The largest absolute Gasteiger partial charge is 0.475 e. The van der Waals surface area contributed by atoms with E-state index in [1.54, 1.807) is 6.07 Å². The molecule has 0 amide bonds. The minimum absolute atomic E-state index is 0.0721. The van der Waals surface area contributed by atoms with Gasteiger partial charge in [0.05, 0.1) is 6.26 Å². The van der Waals surface area contributed by atoms with Crippen LogP contribution in [0.15, 0.2) is 16.7 Å². The fourth-order valence-electron chi connectivity index (χ4n) is 2.52. The van der Waals surface area contributed by atoms with Crippen molar-refractivity contribution in [1.29, 1.82) is 0 Å². The molecular weight excluding hydrogens is 218 g/mol. The van der Waals surface area contributed by atoms with E-state index in [1.165, 1.54) is 31.9 Å². The third-order valence-corrected chi connectivity index (χ3v) is 3.73. The van der Waals surface area contributed by atoms with Crippen LogP contribution in [0.5, 0.6) is 0 Å². The normalized spacial score (nSPS) is 19.8. The molecule has 2 fully saturated rings. The lowest BCUT2D eigenvalue weighted by molar-refractivity contribution is 0.0660. The summed E-state index contributed by atoms with van der Waals surface area (Å²) in [6.45, 7) is 0.607. The van der Waals surface area contributed by atoms with Crippen LogP contribution in [-0.2, 0) is 6.54 Å². The molecule has 2 aliphatic rings. The van der Waals surface area contributed by atoms with E-state index in [2.05, 4.69) is 5.32 Å². The van der Waals surface area contributed by atoms with Gasteiger partial charge < -0.3 is 14.8 Å². The summed E-state index contributed by atoms with van der Waals surface area (Å²) in [6, 6.07) is 2.33. The molecule has 0 aliphatic heterocycles. The van der Waals surface area contributed by atoms with E-state index >= 15 is 0 Å². The first-order chi connectivity index (χ1) is 8.25. The van der Waals surface area contributed by atoms with E-state index in [9.17, 15) is 4.79 Å². The van der Waals surface area contributed by atoms with Gasteiger partial charge in [-0.3, -0.25) is 0 Å². The van der Waals surface area contributed by atoms with Crippen molar-refractivity contribution < 1.29 is 14.3 Å². The van der Waals surface area contributed by atoms with E-state index in [1.807, 2.05) is 0 Å². The number of carbonyl (C=O) groups is 1. The molecule has 1 aromatic heterocycles. The highest BCUT2D eigenvalue weighted by Crippen LogP contribution is 2.44. The molecule has 4 nitrogen and oxygen atoms in total. The topological polar surface area (TPSA) is 62.5 Å². The summed E-state index contributed by atoms with van der Waals surface area (Å²) in [7, 11) is 0. The molecule has 2 aliphatic carbocycles. The fourth-order valence-corrected chi connectivity index (χ4v) is 2.52. The SMILES string of the molecule is O=C(O)c1occc1CNC(C1CC1)C1CC1. The lowest BCUT2D eigenvalue weighted by Gasteiger charge is -2.17. The van der Waals surface area contributed by atoms with Crippen LogP contribution in [0.3, 0.4) is 0 Å². The predicted molar refractivity (Wildman–Crippen MR) is 61.7 cm³/mol. The Bertz CT molecular complexity index is 406. The number of aromatic carboxylic acids is 1. The number of hydrogen-bond acceptors (Lipinski definition) is 3. The molecule has 0 bridgehead atoms.